The summed E-state index contributed by atoms with van der Waals surface area (Å²) in [5.74, 6) is 0. The number of rotatable bonds is 1. The number of hydrogen-bond donors (Lipinski definition) is 1. The molecule has 0 radical (unpaired) electrons. The monoisotopic (exact) mass is 273 g/mol. The lowest BCUT2D eigenvalue weighted by molar-refractivity contribution is 0.797. The number of nitrogen functional groups attached to an aromatic ring is 1. The van der Waals surface area contributed by atoms with Crippen LogP contribution in [0.1, 0.15) is 0 Å². The first-order chi connectivity index (χ1) is 5.81. The topological polar surface area (TPSA) is 43.8 Å². The van der Waals surface area contributed by atoms with Gasteiger partial charge in [-0.25, -0.2) is 0 Å². The van der Waals surface area contributed by atoms with E-state index < -0.39 is 0 Å². The molecule has 12 heavy (non-hydrogen) atoms. The highest BCUT2D eigenvalue weighted by Crippen LogP contribution is 2.17. The van der Waals surface area contributed by atoms with Crippen LogP contribution in [0.15, 0.2) is 24.4 Å². The minimum atomic E-state index is 0.788. The lowest BCUT2D eigenvalue weighted by Crippen LogP contribution is -1.92. The number of nitrogens with two attached hydrogens (primary N) is 1. The van der Waals surface area contributed by atoms with Crippen LogP contribution in [0.2, 0.25) is 0 Å². The summed E-state index contributed by atoms with van der Waals surface area (Å²) in [6, 6.07) is 5.83. The van der Waals surface area contributed by atoms with Crippen molar-refractivity contribution in [2.45, 2.75) is 4.55 Å². The second kappa shape index (κ2) is 2.93. The summed E-state index contributed by atoms with van der Waals surface area (Å²) in [7, 11) is 0. The van der Waals surface area contributed by atoms with Crippen LogP contribution in [0.25, 0.3) is 10.9 Å². The third-order valence-electron chi connectivity index (χ3n) is 1.78. The molecule has 0 bridgehead atoms. The van der Waals surface area contributed by atoms with Gasteiger partial charge in [0.25, 0.3) is 0 Å². The van der Waals surface area contributed by atoms with Crippen molar-refractivity contribution in [2.24, 2.45) is 0 Å². The van der Waals surface area contributed by atoms with Gasteiger partial charge in [-0.2, -0.15) is 5.10 Å². The quantitative estimate of drug-likeness (QED) is 0.490. The summed E-state index contributed by atoms with van der Waals surface area (Å²) in [5.41, 5.74) is 7.56. The Bertz CT molecular complexity index is 408. The van der Waals surface area contributed by atoms with Crippen molar-refractivity contribution in [3.63, 3.8) is 0 Å². The molecule has 2 N–H and O–H groups in total. The summed E-state index contributed by atoms with van der Waals surface area (Å²) >= 11 is 2.28. The second-order valence-electron chi connectivity index (χ2n) is 2.58. The molecule has 0 aliphatic rings. The average molecular weight is 273 g/mol. The van der Waals surface area contributed by atoms with Gasteiger partial charge in [0.2, 0.25) is 0 Å². The normalized spacial score (nSPS) is 10.8. The maximum Gasteiger partial charge on any atom is 0.0931 e. The fraction of sp³-hybridized carbons (Fsp3) is 0.125. The summed E-state index contributed by atoms with van der Waals surface area (Å²) in [5, 5.41) is 5.31. The number of halogens is 1. The van der Waals surface area contributed by atoms with Crippen molar-refractivity contribution in [1.29, 1.82) is 0 Å². The van der Waals surface area contributed by atoms with Crippen LogP contribution in [0.5, 0.6) is 0 Å². The first kappa shape index (κ1) is 7.85. The number of alkyl halides is 1. The lowest BCUT2D eigenvalue weighted by atomic mass is 10.2. The van der Waals surface area contributed by atoms with Crippen molar-refractivity contribution in [1.82, 2.24) is 9.78 Å². The Morgan fingerprint density at radius 1 is 1.50 bits per heavy atom. The number of hydrogen-bond acceptors (Lipinski definition) is 2. The minimum Gasteiger partial charge on any atom is -0.399 e. The Kier molecular flexibility index (Phi) is 1.92. The third-order valence-corrected chi connectivity index (χ3v) is 2.43. The molecule has 0 saturated carbocycles. The zero-order valence-corrected chi connectivity index (χ0v) is 8.52. The van der Waals surface area contributed by atoms with E-state index in [2.05, 4.69) is 27.7 Å². The van der Waals surface area contributed by atoms with E-state index in [4.69, 9.17) is 5.73 Å². The van der Waals surface area contributed by atoms with Crippen LogP contribution in [0.3, 0.4) is 0 Å². The van der Waals surface area contributed by atoms with E-state index in [1.165, 1.54) is 0 Å². The van der Waals surface area contributed by atoms with Gasteiger partial charge in [0.15, 0.2) is 0 Å². The number of aromatic nitrogens is 2. The molecule has 2 rings (SSSR count). The van der Waals surface area contributed by atoms with Crippen LogP contribution in [0.4, 0.5) is 5.69 Å². The highest BCUT2D eigenvalue weighted by Gasteiger charge is 1.99. The van der Waals surface area contributed by atoms with Gasteiger partial charge in [-0.05, 0) is 18.2 Å². The third kappa shape index (κ3) is 1.16. The van der Waals surface area contributed by atoms with Gasteiger partial charge in [0.05, 0.1) is 16.3 Å². The highest BCUT2D eigenvalue weighted by molar-refractivity contribution is 14.1. The molecule has 0 unspecified atom stereocenters. The molecular weight excluding hydrogens is 265 g/mol. The van der Waals surface area contributed by atoms with Crippen molar-refractivity contribution >= 4 is 39.2 Å². The molecule has 0 amide bonds. The average Bonchev–Trinajstić information content (AvgIpc) is 2.46. The van der Waals surface area contributed by atoms with E-state index in [0.29, 0.717) is 0 Å². The van der Waals surface area contributed by atoms with Gasteiger partial charge in [0, 0.05) is 11.1 Å². The number of fused-ring (bicyclic) bond motifs is 1. The molecule has 1 aromatic heterocycles. The Morgan fingerprint density at radius 2 is 2.33 bits per heavy atom. The number of anilines is 1. The molecule has 4 heteroatoms. The Hall–Kier alpha value is -0.780. The fourth-order valence-electron chi connectivity index (χ4n) is 1.20. The first-order valence-corrected chi connectivity index (χ1v) is 5.11. The minimum absolute atomic E-state index is 0.788. The molecule has 2 aromatic rings. The van der Waals surface area contributed by atoms with Gasteiger partial charge in [-0.3, -0.25) is 4.68 Å². The highest BCUT2D eigenvalue weighted by atomic mass is 127. The van der Waals surface area contributed by atoms with Crippen molar-refractivity contribution < 1.29 is 0 Å². The van der Waals surface area contributed by atoms with Gasteiger partial charge >= 0.3 is 0 Å². The van der Waals surface area contributed by atoms with E-state index in [0.717, 1.165) is 21.1 Å². The molecule has 1 aromatic carbocycles. The van der Waals surface area contributed by atoms with Crippen LogP contribution in [-0.2, 0) is 4.55 Å². The van der Waals surface area contributed by atoms with Crippen LogP contribution >= 0.6 is 22.6 Å². The summed E-state index contributed by atoms with van der Waals surface area (Å²) in [4.78, 5) is 0. The SMILES string of the molecule is Nc1ccc2c(cnn2CI)c1. The van der Waals surface area contributed by atoms with Crippen LogP contribution in [0, 0.1) is 0 Å². The van der Waals surface area contributed by atoms with Crippen molar-refractivity contribution in [3.05, 3.63) is 24.4 Å². The molecule has 0 fully saturated rings. The zero-order valence-electron chi connectivity index (χ0n) is 6.37. The van der Waals surface area contributed by atoms with Gasteiger partial charge in [0.1, 0.15) is 0 Å². The largest absolute Gasteiger partial charge is 0.399 e. The van der Waals surface area contributed by atoms with E-state index in [9.17, 15) is 0 Å². The van der Waals surface area contributed by atoms with Crippen LogP contribution < -0.4 is 5.73 Å². The van der Waals surface area contributed by atoms with E-state index in [-0.39, 0.29) is 0 Å². The molecule has 3 nitrogen and oxygen atoms in total. The number of benzene rings is 1. The van der Waals surface area contributed by atoms with Gasteiger partial charge in [-0.1, -0.05) is 22.6 Å². The summed E-state index contributed by atoms with van der Waals surface area (Å²) in [6.45, 7) is 0. The van der Waals surface area contributed by atoms with Crippen molar-refractivity contribution in [2.75, 3.05) is 5.73 Å². The van der Waals surface area contributed by atoms with Crippen molar-refractivity contribution in [3.8, 4) is 0 Å². The van der Waals surface area contributed by atoms with Gasteiger partial charge in [-0.15, -0.1) is 0 Å². The molecule has 0 saturated heterocycles. The molecule has 0 spiro atoms. The standard InChI is InChI=1S/C8H8IN3/c9-5-12-8-2-1-7(10)3-6(8)4-11-12/h1-4H,5,10H2. The molecular formula is C8H8IN3. The molecule has 0 atom stereocenters. The predicted molar refractivity (Wildman–Crippen MR) is 58.2 cm³/mol. The Morgan fingerprint density at radius 3 is 3.08 bits per heavy atom. The fourth-order valence-corrected chi connectivity index (χ4v) is 1.74. The van der Waals surface area contributed by atoms with Crippen LogP contribution in [-0.4, -0.2) is 9.78 Å². The van der Waals surface area contributed by atoms with E-state index in [1.54, 1.807) is 0 Å². The lowest BCUT2D eigenvalue weighted by Gasteiger charge is -1.96. The maximum absolute atomic E-state index is 5.64. The second-order valence-corrected chi connectivity index (χ2v) is 3.26. The maximum atomic E-state index is 5.64. The van der Waals surface area contributed by atoms with E-state index in [1.807, 2.05) is 29.1 Å². The smallest absolute Gasteiger partial charge is 0.0931 e. The number of nitrogens with zero attached hydrogens (tertiary/aromatic N) is 2. The molecule has 0 aliphatic heterocycles. The Balaban J connectivity index is 2.73. The molecule has 62 valence electrons. The van der Waals surface area contributed by atoms with Gasteiger partial charge < -0.3 is 5.73 Å². The zero-order chi connectivity index (χ0) is 8.55. The first-order valence-electron chi connectivity index (χ1n) is 3.58. The predicted octanol–water partition coefficient (Wildman–Crippen LogP) is 2.01. The Labute approximate surface area is 83.7 Å². The van der Waals surface area contributed by atoms with E-state index >= 15 is 0 Å². The summed E-state index contributed by atoms with van der Waals surface area (Å²) < 4.78 is 2.81. The summed E-state index contributed by atoms with van der Waals surface area (Å²) in [6.07, 6.45) is 1.84. The molecule has 0 aliphatic carbocycles. The molecule has 1 heterocycles.